The summed E-state index contributed by atoms with van der Waals surface area (Å²) < 4.78 is 0. The average Bonchev–Trinajstić information content (AvgIpc) is 3.58. The zero-order valence-electron chi connectivity index (χ0n) is 17.3. The normalized spacial score (nSPS) is 14.4. The van der Waals surface area contributed by atoms with Crippen LogP contribution < -0.4 is 5.32 Å². The first-order valence-electron chi connectivity index (χ1n) is 10.8. The van der Waals surface area contributed by atoms with Gasteiger partial charge in [-0.25, -0.2) is 9.97 Å². The summed E-state index contributed by atoms with van der Waals surface area (Å²) in [5.41, 5.74) is 6.30. The van der Waals surface area contributed by atoms with Gasteiger partial charge in [0.15, 0.2) is 11.5 Å². The smallest absolute Gasteiger partial charge is 0.227 e. The van der Waals surface area contributed by atoms with Crippen molar-refractivity contribution in [1.29, 1.82) is 0 Å². The molecule has 0 unspecified atom stereocenters. The number of hydrogen-bond donors (Lipinski definition) is 3. The summed E-state index contributed by atoms with van der Waals surface area (Å²) >= 11 is 0. The highest BCUT2D eigenvalue weighted by molar-refractivity contribution is 5.94. The summed E-state index contributed by atoms with van der Waals surface area (Å²) in [6.07, 6.45) is 7.59. The van der Waals surface area contributed by atoms with E-state index in [-0.39, 0.29) is 11.8 Å². The number of aromatic nitrogens is 6. The second kappa shape index (κ2) is 7.56. The first-order chi connectivity index (χ1) is 15.7. The highest BCUT2D eigenvalue weighted by Gasteiger charge is 2.23. The summed E-state index contributed by atoms with van der Waals surface area (Å²) in [6, 6.07) is 13.6. The monoisotopic (exact) mass is 423 g/mol. The number of aromatic amines is 2. The number of carbonyl (C=O) groups excluding carboxylic acids is 1. The van der Waals surface area contributed by atoms with E-state index in [4.69, 9.17) is 4.98 Å². The molecule has 32 heavy (non-hydrogen) atoms. The quantitative estimate of drug-likeness (QED) is 0.388. The van der Waals surface area contributed by atoms with Crippen LogP contribution in [0.15, 0.2) is 54.9 Å². The summed E-state index contributed by atoms with van der Waals surface area (Å²) in [5, 5.41) is 10.5. The van der Waals surface area contributed by atoms with E-state index in [9.17, 15) is 4.79 Å². The maximum Gasteiger partial charge on any atom is 0.227 e. The minimum atomic E-state index is 0.0758. The van der Waals surface area contributed by atoms with Gasteiger partial charge in [0.1, 0.15) is 5.52 Å². The highest BCUT2D eigenvalue weighted by atomic mass is 16.1. The summed E-state index contributed by atoms with van der Waals surface area (Å²) in [6.45, 7) is 0. The minimum Gasteiger partial charge on any atom is -0.337 e. The number of nitrogens with one attached hydrogen (secondary N) is 3. The van der Waals surface area contributed by atoms with Crippen molar-refractivity contribution >= 4 is 33.7 Å². The second-order valence-corrected chi connectivity index (χ2v) is 8.20. The van der Waals surface area contributed by atoms with E-state index in [0.717, 1.165) is 59.0 Å². The molecular weight excluding hydrogens is 402 g/mol. The van der Waals surface area contributed by atoms with Gasteiger partial charge in [-0.3, -0.25) is 14.9 Å². The zero-order chi connectivity index (χ0) is 21.5. The van der Waals surface area contributed by atoms with Crippen molar-refractivity contribution in [1.82, 2.24) is 30.1 Å². The number of benzene rings is 1. The molecule has 8 nitrogen and oxygen atoms in total. The number of amides is 1. The molecule has 1 aliphatic carbocycles. The zero-order valence-corrected chi connectivity index (χ0v) is 17.3. The Bertz CT molecular complexity index is 1410. The number of imidazole rings is 1. The first-order valence-corrected chi connectivity index (χ1v) is 10.8. The van der Waals surface area contributed by atoms with Crippen LogP contribution in [0.25, 0.3) is 44.8 Å². The predicted molar refractivity (Wildman–Crippen MR) is 123 cm³/mol. The van der Waals surface area contributed by atoms with E-state index in [1.807, 2.05) is 42.5 Å². The molecule has 4 aromatic heterocycles. The maximum atomic E-state index is 12.5. The van der Waals surface area contributed by atoms with Crippen molar-refractivity contribution in [3.05, 3.63) is 54.9 Å². The van der Waals surface area contributed by atoms with E-state index < -0.39 is 0 Å². The molecule has 0 bridgehead atoms. The molecule has 1 saturated carbocycles. The second-order valence-electron chi connectivity index (χ2n) is 8.20. The molecule has 1 aromatic carbocycles. The van der Waals surface area contributed by atoms with Gasteiger partial charge in [0, 0.05) is 17.7 Å². The molecule has 1 amide bonds. The summed E-state index contributed by atoms with van der Waals surface area (Å²) in [7, 11) is 0. The third kappa shape index (κ3) is 3.30. The van der Waals surface area contributed by atoms with Crippen molar-refractivity contribution < 1.29 is 4.79 Å². The fourth-order valence-corrected chi connectivity index (χ4v) is 4.37. The van der Waals surface area contributed by atoms with E-state index in [1.54, 1.807) is 12.4 Å². The Morgan fingerprint density at radius 2 is 1.88 bits per heavy atom. The first kappa shape index (κ1) is 18.7. The highest BCUT2D eigenvalue weighted by Crippen LogP contribution is 2.29. The number of hydrogen-bond acceptors (Lipinski definition) is 5. The molecule has 4 heterocycles. The van der Waals surface area contributed by atoms with Crippen LogP contribution in [-0.4, -0.2) is 36.0 Å². The molecule has 6 rings (SSSR count). The van der Waals surface area contributed by atoms with Gasteiger partial charge in [-0.2, -0.15) is 5.10 Å². The topological polar surface area (TPSA) is 112 Å². The fraction of sp³-hybridized carbons (Fsp3) is 0.208. The lowest BCUT2D eigenvalue weighted by Crippen LogP contribution is -2.20. The molecule has 1 aliphatic rings. The fourth-order valence-electron chi connectivity index (χ4n) is 4.37. The Hall–Kier alpha value is -4.07. The number of fused-ring (bicyclic) bond motifs is 2. The van der Waals surface area contributed by atoms with E-state index in [2.05, 4.69) is 30.5 Å². The van der Waals surface area contributed by atoms with Crippen molar-refractivity contribution in [3.63, 3.8) is 0 Å². The third-order valence-corrected chi connectivity index (χ3v) is 6.05. The lowest BCUT2D eigenvalue weighted by atomic mass is 10.1. The van der Waals surface area contributed by atoms with E-state index in [0.29, 0.717) is 17.2 Å². The largest absolute Gasteiger partial charge is 0.337 e. The molecule has 8 heteroatoms. The van der Waals surface area contributed by atoms with Crippen LogP contribution in [-0.2, 0) is 4.79 Å². The van der Waals surface area contributed by atoms with Gasteiger partial charge in [-0.1, -0.05) is 25.0 Å². The standard InChI is InChI=1S/C24H21N7O/c32-24(14-5-1-2-6-14)26-16-11-15(12-25-13-16)17-9-10-20-21(27-17)22(31-30-20)23-28-18-7-3-4-8-19(18)29-23/h3-4,7-14H,1-2,5-6H2,(H,26,32)(H,28,29)(H,30,31). The van der Waals surface area contributed by atoms with Crippen LogP contribution in [0.5, 0.6) is 0 Å². The molecule has 0 aliphatic heterocycles. The molecular formula is C24H21N7O. The molecule has 3 N–H and O–H groups in total. The minimum absolute atomic E-state index is 0.0758. The third-order valence-electron chi connectivity index (χ3n) is 6.05. The predicted octanol–water partition coefficient (Wildman–Crippen LogP) is 4.69. The SMILES string of the molecule is O=C(Nc1cncc(-c2ccc3[nH]nc(-c4nc5ccccc5[nH]4)c3n2)c1)C1CCCC1. The van der Waals surface area contributed by atoms with Gasteiger partial charge in [0.05, 0.1) is 34.1 Å². The Labute approximate surface area is 183 Å². The van der Waals surface area contributed by atoms with Crippen LogP contribution >= 0.6 is 0 Å². The van der Waals surface area contributed by atoms with Crippen LogP contribution in [0.3, 0.4) is 0 Å². The van der Waals surface area contributed by atoms with Crippen molar-refractivity contribution in [3.8, 4) is 22.8 Å². The molecule has 1 fully saturated rings. The lowest BCUT2D eigenvalue weighted by Gasteiger charge is -2.11. The number of carbonyl (C=O) groups is 1. The van der Waals surface area contributed by atoms with E-state index in [1.165, 1.54) is 0 Å². The van der Waals surface area contributed by atoms with Crippen LogP contribution in [0.1, 0.15) is 25.7 Å². The van der Waals surface area contributed by atoms with Crippen LogP contribution in [0, 0.1) is 5.92 Å². The van der Waals surface area contributed by atoms with Gasteiger partial charge < -0.3 is 10.3 Å². The summed E-state index contributed by atoms with van der Waals surface area (Å²) in [5.74, 6) is 0.843. The van der Waals surface area contributed by atoms with Gasteiger partial charge in [0.25, 0.3) is 0 Å². The molecule has 158 valence electrons. The molecule has 0 saturated heterocycles. The van der Waals surface area contributed by atoms with Gasteiger partial charge in [0.2, 0.25) is 5.91 Å². The number of H-pyrrole nitrogens is 2. The Morgan fingerprint density at radius 1 is 1.00 bits per heavy atom. The van der Waals surface area contributed by atoms with Crippen molar-refractivity contribution in [2.24, 2.45) is 5.92 Å². The number of para-hydroxylation sites is 2. The molecule has 0 atom stereocenters. The van der Waals surface area contributed by atoms with Crippen molar-refractivity contribution in [2.75, 3.05) is 5.32 Å². The van der Waals surface area contributed by atoms with E-state index >= 15 is 0 Å². The van der Waals surface area contributed by atoms with Gasteiger partial charge >= 0.3 is 0 Å². The number of rotatable bonds is 4. The van der Waals surface area contributed by atoms with Crippen molar-refractivity contribution in [2.45, 2.75) is 25.7 Å². The van der Waals surface area contributed by atoms with Gasteiger partial charge in [-0.15, -0.1) is 0 Å². The molecule has 5 aromatic rings. The Kier molecular flexibility index (Phi) is 4.41. The Balaban J connectivity index is 1.35. The molecule has 0 spiro atoms. The Morgan fingerprint density at radius 3 is 2.75 bits per heavy atom. The average molecular weight is 423 g/mol. The number of nitrogens with zero attached hydrogens (tertiary/aromatic N) is 4. The maximum absolute atomic E-state index is 12.5. The lowest BCUT2D eigenvalue weighted by molar-refractivity contribution is -0.119. The molecule has 0 radical (unpaired) electrons. The van der Waals surface area contributed by atoms with Gasteiger partial charge in [-0.05, 0) is 43.2 Å². The summed E-state index contributed by atoms with van der Waals surface area (Å²) in [4.78, 5) is 29.6. The number of anilines is 1. The van der Waals surface area contributed by atoms with Crippen LogP contribution in [0.4, 0.5) is 5.69 Å². The number of pyridine rings is 2. The van der Waals surface area contributed by atoms with Crippen LogP contribution in [0.2, 0.25) is 0 Å².